The van der Waals surface area contributed by atoms with Gasteiger partial charge in [0.1, 0.15) is 0 Å². The van der Waals surface area contributed by atoms with Crippen molar-refractivity contribution >= 4 is 0 Å². The maximum absolute atomic E-state index is 12.5. The van der Waals surface area contributed by atoms with E-state index in [1.165, 1.54) is 25.7 Å². The van der Waals surface area contributed by atoms with E-state index in [0.29, 0.717) is 11.8 Å². The van der Waals surface area contributed by atoms with Crippen LogP contribution in [0.25, 0.3) is 0 Å². The van der Waals surface area contributed by atoms with Crippen molar-refractivity contribution in [1.82, 2.24) is 0 Å². The summed E-state index contributed by atoms with van der Waals surface area (Å²) in [6.45, 7) is 0. The Morgan fingerprint density at radius 3 is 2.38 bits per heavy atom. The fraction of sp³-hybridized carbons (Fsp3) is 1.00. The molecular formula is C14H20F2. The normalized spacial score (nSPS) is 57.6. The highest BCUT2D eigenvalue weighted by molar-refractivity contribution is 5.10. The van der Waals surface area contributed by atoms with Gasteiger partial charge in [0, 0.05) is 6.42 Å². The minimum absolute atomic E-state index is 0.196. The summed E-state index contributed by atoms with van der Waals surface area (Å²) in [5.74, 6) is 5.70. The van der Waals surface area contributed by atoms with Gasteiger partial charge in [-0.1, -0.05) is 0 Å². The number of fused-ring (bicyclic) bond motifs is 9. The average Bonchev–Trinajstić information content (AvgIpc) is 2.93. The number of rotatable bonds is 2. The predicted octanol–water partition coefficient (Wildman–Crippen LogP) is 3.96. The lowest BCUT2D eigenvalue weighted by atomic mass is 9.67. The maximum Gasteiger partial charge on any atom is 0.238 e. The van der Waals surface area contributed by atoms with E-state index in [2.05, 4.69) is 0 Å². The van der Waals surface area contributed by atoms with Crippen molar-refractivity contribution < 1.29 is 8.78 Å². The highest BCUT2D eigenvalue weighted by atomic mass is 19.3. The lowest BCUT2D eigenvalue weighted by molar-refractivity contribution is 0.0528. The van der Waals surface area contributed by atoms with E-state index in [4.69, 9.17) is 0 Å². The summed E-state index contributed by atoms with van der Waals surface area (Å²) in [5, 5.41) is 0. The van der Waals surface area contributed by atoms with Gasteiger partial charge in [0.25, 0.3) is 0 Å². The van der Waals surface area contributed by atoms with Crippen molar-refractivity contribution in [2.45, 2.75) is 45.0 Å². The van der Waals surface area contributed by atoms with Crippen LogP contribution in [0.3, 0.4) is 0 Å². The third-order valence-corrected chi connectivity index (χ3v) is 6.35. The first-order chi connectivity index (χ1) is 7.74. The van der Waals surface area contributed by atoms with Crippen molar-refractivity contribution in [1.29, 1.82) is 0 Å². The highest BCUT2D eigenvalue weighted by Gasteiger charge is 2.62. The van der Waals surface area contributed by atoms with Crippen LogP contribution in [0.15, 0.2) is 0 Å². The van der Waals surface area contributed by atoms with Gasteiger partial charge in [-0.3, -0.25) is 0 Å². The maximum atomic E-state index is 12.5. The van der Waals surface area contributed by atoms with Gasteiger partial charge in [0.2, 0.25) is 6.43 Å². The topological polar surface area (TPSA) is 0 Å². The number of alkyl halides is 2. The zero-order valence-corrected chi connectivity index (χ0v) is 9.62. The van der Waals surface area contributed by atoms with Crippen LogP contribution in [-0.4, -0.2) is 6.43 Å². The van der Waals surface area contributed by atoms with Gasteiger partial charge in [0.05, 0.1) is 0 Å². The largest absolute Gasteiger partial charge is 0.238 e. The number of hydrogen-bond donors (Lipinski definition) is 0. The van der Waals surface area contributed by atoms with Crippen molar-refractivity contribution in [2.24, 2.45) is 41.4 Å². The Morgan fingerprint density at radius 1 is 0.875 bits per heavy atom. The molecule has 0 heterocycles. The molecule has 0 amide bonds. The quantitative estimate of drug-likeness (QED) is 0.625. The van der Waals surface area contributed by atoms with Crippen molar-refractivity contribution in [2.75, 3.05) is 0 Å². The van der Waals surface area contributed by atoms with E-state index in [9.17, 15) is 8.78 Å². The van der Waals surface area contributed by atoms with E-state index in [-0.39, 0.29) is 6.42 Å². The Hall–Kier alpha value is -0.140. The lowest BCUT2D eigenvalue weighted by Gasteiger charge is -2.38. The van der Waals surface area contributed by atoms with Gasteiger partial charge >= 0.3 is 0 Å². The van der Waals surface area contributed by atoms with Crippen molar-refractivity contribution in [3.8, 4) is 0 Å². The van der Waals surface area contributed by atoms with Gasteiger partial charge in [-0.2, -0.15) is 0 Å². The summed E-state index contributed by atoms with van der Waals surface area (Å²) in [4.78, 5) is 0. The monoisotopic (exact) mass is 226 g/mol. The van der Waals surface area contributed by atoms with Crippen LogP contribution in [0.1, 0.15) is 38.5 Å². The van der Waals surface area contributed by atoms with Crippen LogP contribution in [-0.2, 0) is 0 Å². The molecule has 0 radical (unpaired) electrons. The summed E-state index contributed by atoms with van der Waals surface area (Å²) in [6, 6.07) is 0. The molecule has 4 aliphatic rings. The summed E-state index contributed by atoms with van der Waals surface area (Å²) >= 11 is 0. The van der Waals surface area contributed by atoms with Crippen LogP contribution < -0.4 is 0 Å². The van der Waals surface area contributed by atoms with E-state index >= 15 is 0 Å². The standard InChI is InChI=1S/C14H20F2/c15-12(16)6-9-4-10-5-11(9)14-8-2-1-7(3-8)13(10)14/h7-14H,1-6H2. The summed E-state index contributed by atoms with van der Waals surface area (Å²) in [5.41, 5.74) is 0. The zero-order chi connectivity index (χ0) is 10.9. The Labute approximate surface area is 95.8 Å². The van der Waals surface area contributed by atoms with Crippen LogP contribution in [0.4, 0.5) is 8.78 Å². The first-order valence-electron chi connectivity index (χ1n) is 7.02. The van der Waals surface area contributed by atoms with Crippen molar-refractivity contribution in [3.05, 3.63) is 0 Å². The molecule has 0 aromatic heterocycles. The molecule has 0 nitrogen and oxygen atoms in total. The molecule has 0 aliphatic heterocycles. The molecule has 4 aliphatic carbocycles. The predicted molar refractivity (Wildman–Crippen MR) is 58.1 cm³/mol. The molecule has 4 saturated carbocycles. The first-order valence-corrected chi connectivity index (χ1v) is 7.02. The molecule has 0 aromatic carbocycles. The molecular weight excluding hydrogens is 206 g/mol. The van der Waals surface area contributed by atoms with Crippen LogP contribution >= 0.6 is 0 Å². The molecule has 0 aromatic rings. The number of hydrogen-bond acceptors (Lipinski definition) is 0. The molecule has 16 heavy (non-hydrogen) atoms. The summed E-state index contributed by atoms with van der Waals surface area (Å²) in [7, 11) is 0. The minimum Gasteiger partial charge on any atom is -0.211 e. The van der Waals surface area contributed by atoms with E-state index in [0.717, 1.165) is 36.0 Å². The fourth-order valence-corrected chi connectivity index (χ4v) is 6.20. The minimum atomic E-state index is -2.07. The zero-order valence-electron chi connectivity index (χ0n) is 9.62. The third-order valence-electron chi connectivity index (χ3n) is 6.35. The van der Waals surface area contributed by atoms with Crippen LogP contribution in [0.5, 0.6) is 0 Å². The van der Waals surface area contributed by atoms with Gasteiger partial charge in [-0.25, -0.2) is 8.78 Å². The summed E-state index contributed by atoms with van der Waals surface area (Å²) in [6.07, 6.45) is 4.89. The molecule has 0 spiro atoms. The second-order valence-corrected chi connectivity index (χ2v) is 6.77. The summed E-state index contributed by atoms with van der Waals surface area (Å²) < 4.78 is 25.1. The Kier molecular flexibility index (Phi) is 1.97. The molecule has 0 N–H and O–H groups in total. The van der Waals surface area contributed by atoms with E-state index in [1.54, 1.807) is 0 Å². The third kappa shape index (κ3) is 1.14. The second kappa shape index (κ2) is 3.20. The smallest absolute Gasteiger partial charge is 0.211 e. The second-order valence-electron chi connectivity index (χ2n) is 6.77. The SMILES string of the molecule is FC(F)CC1CC2CC1C1C3CCC(C3)C21. The Balaban J connectivity index is 1.56. The molecule has 90 valence electrons. The Morgan fingerprint density at radius 2 is 1.62 bits per heavy atom. The Bertz CT molecular complexity index is 301. The average molecular weight is 226 g/mol. The molecule has 4 rings (SSSR count). The highest BCUT2D eigenvalue weighted by Crippen LogP contribution is 2.69. The molecule has 2 heteroatoms. The van der Waals surface area contributed by atoms with Crippen LogP contribution in [0.2, 0.25) is 0 Å². The first kappa shape index (κ1) is 9.85. The number of halogens is 2. The molecule has 7 atom stereocenters. The van der Waals surface area contributed by atoms with Gasteiger partial charge in [-0.05, 0) is 73.5 Å². The molecule has 4 fully saturated rings. The molecule has 0 saturated heterocycles. The fourth-order valence-electron chi connectivity index (χ4n) is 6.20. The van der Waals surface area contributed by atoms with Gasteiger partial charge in [0.15, 0.2) is 0 Å². The van der Waals surface area contributed by atoms with Crippen LogP contribution in [0, 0.1) is 41.4 Å². The molecule has 4 bridgehead atoms. The van der Waals surface area contributed by atoms with Gasteiger partial charge in [-0.15, -0.1) is 0 Å². The lowest BCUT2D eigenvalue weighted by Crippen LogP contribution is -2.33. The molecule has 7 unspecified atom stereocenters. The van der Waals surface area contributed by atoms with Crippen molar-refractivity contribution in [3.63, 3.8) is 0 Å². The van der Waals surface area contributed by atoms with E-state index < -0.39 is 6.43 Å². The van der Waals surface area contributed by atoms with Gasteiger partial charge < -0.3 is 0 Å². The van der Waals surface area contributed by atoms with E-state index in [1.807, 2.05) is 0 Å².